The molecule has 0 saturated carbocycles. The summed E-state index contributed by atoms with van der Waals surface area (Å²) in [6, 6.07) is 15.2. The van der Waals surface area contributed by atoms with Crippen LogP contribution in [0.4, 0.5) is 5.69 Å². The lowest BCUT2D eigenvalue weighted by molar-refractivity contribution is -0.151. The van der Waals surface area contributed by atoms with Crippen LogP contribution in [0, 0.1) is 5.92 Å². The molecule has 2 aromatic rings. The van der Waals surface area contributed by atoms with Crippen LogP contribution in [0.15, 0.2) is 54.6 Å². The van der Waals surface area contributed by atoms with Crippen LogP contribution in [0.3, 0.4) is 0 Å². The first-order valence-corrected chi connectivity index (χ1v) is 10.8. The monoisotopic (exact) mass is 437 g/mol. The Morgan fingerprint density at radius 3 is 2.31 bits per heavy atom. The summed E-state index contributed by atoms with van der Waals surface area (Å²) in [7, 11) is 0. The Bertz CT molecular complexity index is 970. The van der Waals surface area contributed by atoms with Gasteiger partial charge in [0.1, 0.15) is 0 Å². The van der Waals surface area contributed by atoms with Gasteiger partial charge < -0.3 is 14.4 Å². The Morgan fingerprint density at radius 2 is 1.69 bits per heavy atom. The number of esters is 2. The highest BCUT2D eigenvalue weighted by Gasteiger charge is 2.37. The van der Waals surface area contributed by atoms with E-state index in [2.05, 4.69) is 0 Å². The number of carbonyl (C=O) groups is 4. The summed E-state index contributed by atoms with van der Waals surface area (Å²) in [5.41, 5.74) is 1.47. The number of amides is 1. The Balaban J connectivity index is 1.62. The number of benzene rings is 2. The molecule has 168 valence electrons. The van der Waals surface area contributed by atoms with E-state index in [9.17, 15) is 19.2 Å². The lowest BCUT2D eigenvalue weighted by atomic mass is 10.0. The highest BCUT2D eigenvalue weighted by atomic mass is 16.5. The van der Waals surface area contributed by atoms with Crippen LogP contribution in [-0.4, -0.2) is 42.9 Å². The smallest absolute Gasteiger partial charge is 0.338 e. The quantitative estimate of drug-likeness (QED) is 0.438. The molecule has 32 heavy (non-hydrogen) atoms. The molecule has 0 aliphatic carbocycles. The second-order valence-corrected chi connectivity index (χ2v) is 7.65. The Kier molecular flexibility index (Phi) is 7.76. The van der Waals surface area contributed by atoms with Crippen LogP contribution < -0.4 is 4.90 Å². The van der Waals surface area contributed by atoms with Crippen molar-refractivity contribution in [3.8, 4) is 0 Å². The molecular weight excluding hydrogens is 410 g/mol. The molecule has 7 heteroatoms. The number of ketones is 1. The van der Waals surface area contributed by atoms with Crippen molar-refractivity contribution in [2.75, 3.05) is 18.1 Å². The van der Waals surface area contributed by atoms with E-state index in [0.29, 0.717) is 29.8 Å². The van der Waals surface area contributed by atoms with Crippen molar-refractivity contribution in [1.82, 2.24) is 0 Å². The minimum atomic E-state index is -0.887. The van der Waals surface area contributed by atoms with E-state index in [4.69, 9.17) is 9.47 Å². The molecule has 1 saturated heterocycles. The van der Waals surface area contributed by atoms with Crippen LogP contribution in [-0.2, 0) is 19.1 Å². The van der Waals surface area contributed by atoms with Gasteiger partial charge in [0.15, 0.2) is 6.10 Å². The van der Waals surface area contributed by atoms with E-state index in [-0.39, 0.29) is 24.7 Å². The van der Waals surface area contributed by atoms with E-state index in [1.165, 1.54) is 4.90 Å². The summed E-state index contributed by atoms with van der Waals surface area (Å²) in [6.07, 6.45) is 0.205. The van der Waals surface area contributed by atoms with Gasteiger partial charge in [0.05, 0.1) is 18.1 Å². The lowest BCUT2D eigenvalue weighted by Crippen LogP contribution is -2.31. The minimum Gasteiger partial charge on any atom is -0.462 e. The summed E-state index contributed by atoms with van der Waals surface area (Å²) < 4.78 is 10.6. The lowest BCUT2D eigenvalue weighted by Gasteiger charge is -2.19. The van der Waals surface area contributed by atoms with Crippen LogP contribution in [0.5, 0.6) is 0 Å². The van der Waals surface area contributed by atoms with E-state index < -0.39 is 24.0 Å². The summed E-state index contributed by atoms with van der Waals surface area (Å²) >= 11 is 0. The average molecular weight is 437 g/mol. The van der Waals surface area contributed by atoms with E-state index >= 15 is 0 Å². The molecule has 1 aliphatic heterocycles. The zero-order chi connectivity index (χ0) is 23.1. The third kappa shape index (κ3) is 5.41. The Hall–Kier alpha value is -3.48. The van der Waals surface area contributed by atoms with Crippen LogP contribution in [0.2, 0.25) is 0 Å². The van der Waals surface area contributed by atoms with Crippen LogP contribution >= 0.6 is 0 Å². The molecule has 0 bridgehead atoms. The van der Waals surface area contributed by atoms with E-state index in [1.54, 1.807) is 55.5 Å². The van der Waals surface area contributed by atoms with Gasteiger partial charge in [-0.25, -0.2) is 4.79 Å². The summed E-state index contributed by atoms with van der Waals surface area (Å²) in [4.78, 5) is 51.3. The first-order valence-electron chi connectivity index (χ1n) is 10.8. The van der Waals surface area contributed by atoms with Gasteiger partial charge in [-0.1, -0.05) is 44.2 Å². The number of hydrogen-bond acceptors (Lipinski definition) is 6. The maximum atomic E-state index is 12.7. The number of nitrogens with zero attached hydrogens (tertiary/aromatic N) is 1. The molecule has 3 rings (SSSR count). The zero-order valence-electron chi connectivity index (χ0n) is 18.3. The second kappa shape index (κ2) is 10.7. The normalized spacial score (nSPS) is 16.5. The topological polar surface area (TPSA) is 90.0 Å². The van der Waals surface area contributed by atoms with Crippen molar-refractivity contribution in [2.45, 2.75) is 39.2 Å². The maximum Gasteiger partial charge on any atom is 0.338 e. The molecule has 0 aromatic heterocycles. The van der Waals surface area contributed by atoms with Crippen LogP contribution in [0.25, 0.3) is 0 Å². The van der Waals surface area contributed by atoms with Crippen molar-refractivity contribution in [1.29, 1.82) is 0 Å². The van der Waals surface area contributed by atoms with Gasteiger partial charge in [0.2, 0.25) is 11.7 Å². The molecule has 1 aliphatic rings. The molecule has 2 aromatic carbocycles. The third-order valence-electron chi connectivity index (χ3n) is 5.29. The molecule has 7 nitrogen and oxygen atoms in total. The van der Waals surface area contributed by atoms with Crippen molar-refractivity contribution >= 4 is 29.3 Å². The fraction of sp³-hybridized carbons (Fsp3) is 0.360. The third-order valence-corrected chi connectivity index (χ3v) is 5.29. The summed E-state index contributed by atoms with van der Waals surface area (Å²) in [5.74, 6) is -2.10. The van der Waals surface area contributed by atoms with Crippen LogP contribution in [0.1, 0.15) is 53.8 Å². The zero-order valence-corrected chi connectivity index (χ0v) is 18.3. The minimum absolute atomic E-state index is 0.00902. The number of ether oxygens (including phenoxy) is 2. The van der Waals surface area contributed by atoms with E-state index in [0.717, 1.165) is 6.42 Å². The molecule has 0 spiro atoms. The standard InChI is InChI=1S/C25H27NO6/c1-3-14-31-24(29)18-10-12-20(13-11-18)26-16-19(15-22(26)27)25(30)32-21(4-2)23(28)17-8-6-5-7-9-17/h5-13,19,21H,3-4,14-16H2,1-2H3. The maximum absolute atomic E-state index is 12.7. The SMILES string of the molecule is CCCOC(=O)c1ccc(N2CC(C(=O)OC(CC)C(=O)c3ccccc3)CC2=O)cc1. The molecule has 1 amide bonds. The average Bonchev–Trinajstić information content (AvgIpc) is 3.22. The first kappa shape index (κ1) is 23.2. The molecule has 2 unspecified atom stereocenters. The van der Waals surface area contributed by atoms with Gasteiger partial charge in [-0.3, -0.25) is 14.4 Å². The van der Waals surface area contributed by atoms with Crippen molar-refractivity contribution in [3.05, 3.63) is 65.7 Å². The number of Topliss-reactive ketones (excluding diaryl/α,β-unsaturated/α-hetero) is 1. The Morgan fingerprint density at radius 1 is 1.00 bits per heavy atom. The molecule has 1 heterocycles. The fourth-order valence-corrected chi connectivity index (χ4v) is 3.52. The highest BCUT2D eigenvalue weighted by molar-refractivity contribution is 6.02. The van der Waals surface area contributed by atoms with Gasteiger partial charge in [-0.2, -0.15) is 0 Å². The predicted molar refractivity (Wildman–Crippen MR) is 118 cm³/mol. The summed E-state index contributed by atoms with van der Waals surface area (Å²) in [6.45, 7) is 4.20. The Labute approximate surface area is 187 Å². The van der Waals surface area contributed by atoms with Crippen molar-refractivity contribution < 1.29 is 28.7 Å². The number of hydrogen-bond donors (Lipinski definition) is 0. The fourth-order valence-electron chi connectivity index (χ4n) is 3.52. The molecule has 0 radical (unpaired) electrons. The number of carbonyl (C=O) groups excluding carboxylic acids is 4. The van der Waals surface area contributed by atoms with Gasteiger partial charge in [-0.05, 0) is 37.1 Å². The highest BCUT2D eigenvalue weighted by Crippen LogP contribution is 2.27. The van der Waals surface area contributed by atoms with Gasteiger partial charge in [0.25, 0.3) is 0 Å². The molecule has 2 atom stereocenters. The van der Waals surface area contributed by atoms with Gasteiger partial charge in [-0.15, -0.1) is 0 Å². The van der Waals surface area contributed by atoms with Gasteiger partial charge in [0, 0.05) is 24.2 Å². The van der Waals surface area contributed by atoms with Crippen molar-refractivity contribution in [3.63, 3.8) is 0 Å². The number of anilines is 1. The molecule has 1 fully saturated rings. The predicted octanol–water partition coefficient (Wildman–Crippen LogP) is 3.81. The van der Waals surface area contributed by atoms with E-state index in [1.807, 2.05) is 13.0 Å². The molecule has 0 N–H and O–H groups in total. The second-order valence-electron chi connectivity index (χ2n) is 7.65. The molecular formula is C25H27NO6. The largest absolute Gasteiger partial charge is 0.462 e. The number of rotatable bonds is 9. The van der Waals surface area contributed by atoms with Gasteiger partial charge >= 0.3 is 11.9 Å². The first-order chi connectivity index (χ1) is 15.4. The summed E-state index contributed by atoms with van der Waals surface area (Å²) in [5, 5.41) is 0. The van der Waals surface area contributed by atoms with Crippen molar-refractivity contribution in [2.24, 2.45) is 5.92 Å².